The van der Waals surface area contributed by atoms with Gasteiger partial charge in [-0.05, 0) is 49.8 Å². The number of benzene rings is 1. The molecule has 0 radical (unpaired) electrons. The second kappa shape index (κ2) is 9.26. The van der Waals surface area contributed by atoms with E-state index in [0.717, 1.165) is 34.4 Å². The van der Waals surface area contributed by atoms with Crippen molar-refractivity contribution < 1.29 is 4.42 Å². The number of aliphatic imine (C=N–C) groups is 1. The van der Waals surface area contributed by atoms with Crippen LogP contribution in [0.2, 0.25) is 0 Å². The molecule has 0 spiro atoms. The Morgan fingerprint density at radius 2 is 1.96 bits per heavy atom. The maximum Gasteiger partial charge on any atom is 0.336 e. The SMILES string of the molecule is Cc1ccc2c(CSC(N)=N[C@@H](C)CCCC(C)C)cc(=O)oc2c1C. The molecule has 0 saturated heterocycles. The summed E-state index contributed by atoms with van der Waals surface area (Å²) < 4.78 is 5.42. The van der Waals surface area contributed by atoms with Gasteiger partial charge >= 0.3 is 5.63 Å². The predicted molar refractivity (Wildman–Crippen MR) is 113 cm³/mol. The Morgan fingerprint density at radius 1 is 1.23 bits per heavy atom. The summed E-state index contributed by atoms with van der Waals surface area (Å²) in [6, 6.07) is 5.85. The van der Waals surface area contributed by atoms with Gasteiger partial charge in [0.1, 0.15) is 5.58 Å². The van der Waals surface area contributed by atoms with Crippen LogP contribution in [-0.4, -0.2) is 11.2 Å². The lowest BCUT2D eigenvalue weighted by Gasteiger charge is -2.11. The van der Waals surface area contributed by atoms with Crippen LogP contribution in [0, 0.1) is 19.8 Å². The lowest BCUT2D eigenvalue weighted by Crippen LogP contribution is -2.12. The molecule has 0 unspecified atom stereocenters. The molecule has 1 aromatic heterocycles. The monoisotopic (exact) mass is 374 g/mol. The molecular weight excluding hydrogens is 344 g/mol. The van der Waals surface area contributed by atoms with Crippen LogP contribution >= 0.6 is 11.8 Å². The minimum Gasteiger partial charge on any atom is -0.422 e. The van der Waals surface area contributed by atoms with E-state index in [0.29, 0.717) is 16.5 Å². The molecule has 26 heavy (non-hydrogen) atoms. The van der Waals surface area contributed by atoms with Gasteiger partial charge in [-0.25, -0.2) is 4.79 Å². The van der Waals surface area contributed by atoms with Crippen molar-refractivity contribution in [2.75, 3.05) is 0 Å². The first-order chi connectivity index (χ1) is 12.3. The van der Waals surface area contributed by atoms with Gasteiger partial charge in [0.25, 0.3) is 0 Å². The van der Waals surface area contributed by atoms with Crippen molar-refractivity contribution in [1.82, 2.24) is 0 Å². The zero-order valence-corrected chi connectivity index (χ0v) is 17.3. The van der Waals surface area contributed by atoms with Gasteiger partial charge in [-0.2, -0.15) is 0 Å². The molecule has 0 saturated carbocycles. The standard InChI is InChI=1S/C21H30N2O2S/c1-13(2)7-6-8-15(4)23-21(22)26-12-17-11-19(24)25-20-16(5)14(3)9-10-18(17)20/h9-11,13,15H,6-8,12H2,1-5H3,(H2,22,23)/t15-/m0/s1. The molecule has 2 rings (SSSR count). The Balaban J connectivity index is 2.08. The van der Waals surface area contributed by atoms with Crippen molar-refractivity contribution in [3.05, 3.63) is 45.3 Å². The first kappa shape index (κ1) is 20.6. The van der Waals surface area contributed by atoms with Gasteiger partial charge in [0.15, 0.2) is 5.17 Å². The number of hydrogen-bond acceptors (Lipinski definition) is 4. The van der Waals surface area contributed by atoms with E-state index in [1.54, 1.807) is 6.07 Å². The minimum atomic E-state index is -0.320. The van der Waals surface area contributed by atoms with Crippen LogP contribution in [0.25, 0.3) is 11.0 Å². The maximum absolute atomic E-state index is 11.9. The largest absolute Gasteiger partial charge is 0.422 e. The second-order valence-electron chi connectivity index (χ2n) is 7.40. The fraction of sp³-hybridized carbons (Fsp3) is 0.524. The van der Waals surface area contributed by atoms with Crippen molar-refractivity contribution in [3.63, 3.8) is 0 Å². The lowest BCUT2D eigenvalue weighted by atomic mass is 10.0. The zero-order valence-electron chi connectivity index (χ0n) is 16.5. The van der Waals surface area contributed by atoms with Gasteiger partial charge in [-0.3, -0.25) is 4.99 Å². The summed E-state index contributed by atoms with van der Waals surface area (Å²) in [5.41, 5.74) is 9.51. The molecule has 2 N–H and O–H groups in total. The second-order valence-corrected chi connectivity index (χ2v) is 8.40. The summed E-state index contributed by atoms with van der Waals surface area (Å²) in [6.45, 7) is 10.6. The number of amidine groups is 1. The molecule has 0 fully saturated rings. The van der Waals surface area contributed by atoms with E-state index in [1.165, 1.54) is 24.6 Å². The molecule has 1 heterocycles. The highest BCUT2D eigenvalue weighted by Gasteiger charge is 2.11. The Bertz CT molecular complexity index is 840. The molecule has 0 amide bonds. The number of thioether (sulfide) groups is 1. The topological polar surface area (TPSA) is 68.6 Å². The summed E-state index contributed by atoms with van der Waals surface area (Å²) in [7, 11) is 0. The molecule has 5 heteroatoms. The van der Waals surface area contributed by atoms with E-state index in [1.807, 2.05) is 19.9 Å². The van der Waals surface area contributed by atoms with E-state index < -0.39 is 0 Å². The van der Waals surface area contributed by atoms with Crippen molar-refractivity contribution in [3.8, 4) is 0 Å². The minimum absolute atomic E-state index is 0.226. The summed E-state index contributed by atoms with van der Waals surface area (Å²) in [5, 5.41) is 1.55. The highest BCUT2D eigenvalue weighted by molar-refractivity contribution is 8.13. The summed E-state index contributed by atoms with van der Waals surface area (Å²) >= 11 is 1.48. The quantitative estimate of drug-likeness (QED) is 0.412. The van der Waals surface area contributed by atoms with Crippen molar-refractivity contribution in [2.24, 2.45) is 16.6 Å². The molecule has 0 aliphatic rings. The van der Waals surface area contributed by atoms with Crippen molar-refractivity contribution >= 4 is 27.9 Å². The molecule has 4 nitrogen and oxygen atoms in total. The third-order valence-corrected chi connectivity index (χ3v) is 5.50. The van der Waals surface area contributed by atoms with Gasteiger partial charge in [-0.1, -0.05) is 50.6 Å². The number of nitrogens with two attached hydrogens (primary N) is 1. The van der Waals surface area contributed by atoms with E-state index in [-0.39, 0.29) is 11.7 Å². The highest BCUT2D eigenvalue weighted by Crippen LogP contribution is 2.26. The van der Waals surface area contributed by atoms with E-state index in [9.17, 15) is 4.79 Å². The van der Waals surface area contributed by atoms with Crippen molar-refractivity contribution in [2.45, 2.75) is 65.7 Å². The Kier molecular flexibility index (Phi) is 7.33. The van der Waals surface area contributed by atoms with E-state index >= 15 is 0 Å². The number of nitrogens with zero attached hydrogens (tertiary/aromatic N) is 1. The lowest BCUT2D eigenvalue weighted by molar-refractivity contribution is 0.512. The first-order valence-corrected chi connectivity index (χ1v) is 10.3. The van der Waals surface area contributed by atoms with Crippen LogP contribution in [0.5, 0.6) is 0 Å². The molecule has 1 aromatic carbocycles. The molecule has 142 valence electrons. The van der Waals surface area contributed by atoms with Gasteiger partial charge in [0, 0.05) is 23.2 Å². The molecule has 0 aliphatic carbocycles. The van der Waals surface area contributed by atoms with Gasteiger partial charge < -0.3 is 10.2 Å². The Labute approximate surface area is 160 Å². The maximum atomic E-state index is 11.9. The van der Waals surface area contributed by atoms with Crippen LogP contribution in [0.4, 0.5) is 0 Å². The average Bonchev–Trinajstić information content (AvgIpc) is 2.56. The van der Waals surface area contributed by atoms with E-state index in [4.69, 9.17) is 10.2 Å². The van der Waals surface area contributed by atoms with Crippen LogP contribution in [-0.2, 0) is 5.75 Å². The highest BCUT2D eigenvalue weighted by atomic mass is 32.2. The number of aryl methyl sites for hydroxylation is 2. The zero-order chi connectivity index (χ0) is 19.3. The van der Waals surface area contributed by atoms with Crippen LogP contribution in [0.1, 0.15) is 56.7 Å². The first-order valence-electron chi connectivity index (χ1n) is 9.27. The molecular formula is C21H30N2O2S. The van der Waals surface area contributed by atoms with Crippen LogP contribution in [0.3, 0.4) is 0 Å². The predicted octanol–water partition coefficient (Wildman–Crippen LogP) is 5.17. The fourth-order valence-corrected chi connectivity index (χ4v) is 3.73. The Morgan fingerprint density at radius 3 is 2.65 bits per heavy atom. The third-order valence-electron chi connectivity index (χ3n) is 4.64. The normalized spacial score (nSPS) is 13.5. The van der Waals surface area contributed by atoms with Crippen LogP contribution in [0.15, 0.2) is 32.4 Å². The number of hydrogen-bond donors (Lipinski definition) is 1. The molecule has 2 aromatic rings. The summed E-state index contributed by atoms with van der Waals surface area (Å²) in [4.78, 5) is 16.5. The molecule has 0 bridgehead atoms. The third kappa shape index (κ3) is 5.63. The summed E-state index contributed by atoms with van der Waals surface area (Å²) in [5.74, 6) is 1.33. The van der Waals surface area contributed by atoms with Crippen LogP contribution < -0.4 is 11.4 Å². The molecule has 0 aliphatic heterocycles. The molecule has 1 atom stereocenters. The smallest absolute Gasteiger partial charge is 0.336 e. The Hall–Kier alpha value is -1.75. The van der Waals surface area contributed by atoms with Gasteiger partial charge in [-0.15, -0.1) is 0 Å². The van der Waals surface area contributed by atoms with Gasteiger partial charge in [0.2, 0.25) is 0 Å². The van der Waals surface area contributed by atoms with Crippen molar-refractivity contribution in [1.29, 1.82) is 0 Å². The fourth-order valence-electron chi connectivity index (χ4n) is 2.94. The van der Waals surface area contributed by atoms with E-state index in [2.05, 4.69) is 31.8 Å². The number of fused-ring (bicyclic) bond motifs is 1. The summed E-state index contributed by atoms with van der Waals surface area (Å²) in [6.07, 6.45) is 3.44. The van der Waals surface area contributed by atoms with Gasteiger partial charge in [0.05, 0.1) is 0 Å². The number of rotatable bonds is 7. The average molecular weight is 375 g/mol.